The number of urea groups is 1. The number of benzene rings is 2. The smallest absolute Gasteiger partial charge is 0.319 e. The van der Waals surface area contributed by atoms with Crippen LogP contribution in [0.25, 0.3) is 0 Å². The molecule has 0 aliphatic carbocycles. The van der Waals surface area contributed by atoms with Gasteiger partial charge in [-0.15, -0.1) is 0 Å². The first-order valence-corrected chi connectivity index (χ1v) is 10.0. The van der Waals surface area contributed by atoms with Gasteiger partial charge in [0.15, 0.2) is 0 Å². The van der Waals surface area contributed by atoms with Gasteiger partial charge in [-0.05, 0) is 59.9 Å². The molecule has 1 aromatic heterocycles. The van der Waals surface area contributed by atoms with Gasteiger partial charge in [-0.2, -0.15) is 0 Å². The summed E-state index contributed by atoms with van der Waals surface area (Å²) in [7, 11) is 0. The molecular weight excluding hydrogens is 378 g/mol. The normalized spacial score (nSPS) is 10.6. The molecule has 2 aromatic carbocycles. The molecule has 3 rings (SSSR count). The third-order valence-corrected chi connectivity index (χ3v) is 4.46. The lowest BCUT2D eigenvalue weighted by Crippen LogP contribution is -2.27. The molecule has 3 aromatic rings. The molecule has 0 atom stereocenters. The van der Waals surface area contributed by atoms with Crippen molar-refractivity contribution in [3.8, 4) is 0 Å². The quantitative estimate of drug-likeness (QED) is 0.494. The number of carbonyl (C=O) groups is 2. The van der Waals surface area contributed by atoms with Crippen molar-refractivity contribution >= 4 is 23.3 Å². The first-order chi connectivity index (χ1) is 14.5. The highest BCUT2D eigenvalue weighted by atomic mass is 16.3. The Hall–Kier alpha value is -3.54. The molecule has 0 aliphatic rings. The molecule has 0 aliphatic heterocycles. The molecule has 0 saturated carbocycles. The largest absolute Gasteiger partial charge is 0.467 e. The van der Waals surface area contributed by atoms with Gasteiger partial charge in [0.1, 0.15) is 5.76 Å². The Labute approximate surface area is 176 Å². The SMILES string of the molecule is CC(C)Cc1ccc(CC(=O)Nc2ccc(NC(=O)NCc3ccco3)cc2)cc1. The Morgan fingerprint density at radius 1 is 0.867 bits per heavy atom. The molecule has 0 fully saturated rings. The Bertz CT molecular complexity index is 946. The zero-order valence-electron chi connectivity index (χ0n) is 17.3. The van der Waals surface area contributed by atoms with Crippen molar-refractivity contribution in [1.82, 2.24) is 5.32 Å². The number of rotatable bonds is 8. The first kappa shape index (κ1) is 21.2. The zero-order valence-corrected chi connectivity index (χ0v) is 17.3. The van der Waals surface area contributed by atoms with E-state index in [0.717, 1.165) is 12.0 Å². The van der Waals surface area contributed by atoms with Gasteiger partial charge < -0.3 is 20.4 Å². The third-order valence-electron chi connectivity index (χ3n) is 4.46. The first-order valence-electron chi connectivity index (χ1n) is 10.0. The Morgan fingerprint density at radius 3 is 2.10 bits per heavy atom. The van der Waals surface area contributed by atoms with Crippen LogP contribution in [0.4, 0.5) is 16.2 Å². The maximum Gasteiger partial charge on any atom is 0.319 e. The van der Waals surface area contributed by atoms with E-state index in [2.05, 4.69) is 41.9 Å². The molecule has 0 saturated heterocycles. The predicted octanol–water partition coefficient (Wildman–Crippen LogP) is 4.98. The lowest BCUT2D eigenvalue weighted by molar-refractivity contribution is -0.115. The van der Waals surface area contributed by atoms with Gasteiger partial charge in [-0.3, -0.25) is 4.79 Å². The molecule has 1 heterocycles. The summed E-state index contributed by atoms with van der Waals surface area (Å²) in [5.41, 5.74) is 3.57. The van der Waals surface area contributed by atoms with E-state index in [4.69, 9.17) is 4.42 Å². The molecule has 0 radical (unpaired) electrons. The van der Waals surface area contributed by atoms with Crippen LogP contribution in [0, 0.1) is 5.92 Å². The molecule has 3 N–H and O–H groups in total. The number of amides is 3. The topological polar surface area (TPSA) is 83.4 Å². The monoisotopic (exact) mass is 405 g/mol. The summed E-state index contributed by atoms with van der Waals surface area (Å²) in [5, 5.41) is 8.33. The number of carbonyl (C=O) groups excluding carboxylic acids is 2. The van der Waals surface area contributed by atoms with Gasteiger partial charge in [0.05, 0.1) is 19.2 Å². The number of furan rings is 1. The number of nitrogens with one attached hydrogen (secondary N) is 3. The fraction of sp³-hybridized carbons (Fsp3) is 0.250. The fourth-order valence-electron chi connectivity index (χ4n) is 3.05. The minimum Gasteiger partial charge on any atom is -0.467 e. The highest BCUT2D eigenvalue weighted by Crippen LogP contribution is 2.15. The van der Waals surface area contributed by atoms with E-state index in [0.29, 0.717) is 36.0 Å². The molecular formula is C24H27N3O3. The average Bonchev–Trinajstić information content (AvgIpc) is 3.23. The summed E-state index contributed by atoms with van der Waals surface area (Å²) in [6.07, 6.45) is 2.91. The van der Waals surface area contributed by atoms with E-state index in [9.17, 15) is 9.59 Å². The van der Waals surface area contributed by atoms with Crippen LogP contribution in [0.15, 0.2) is 71.3 Å². The highest BCUT2D eigenvalue weighted by Gasteiger charge is 2.07. The van der Waals surface area contributed by atoms with E-state index in [1.165, 1.54) is 5.56 Å². The lowest BCUT2D eigenvalue weighted by Gasteiger charge is -2.09. The summed E-state index contributed by atoms with van der Waals surface area (Å²) < 4.78 is 5.17. The van der Waals surface area contributed by atoms with Crippen LogP contribution < -0.4 is 16.0 Å². The van der Waals surface area contributed by atoms with Crippen molar-refractivity contribution < 1.29 is 14.0 Å². The summed E-state index contributed by atoms with van der Waals surface area (Å²) >= 11 is 0. The second kappa shape index (κ2) is 10.3. The Kier molecular flexibility index (Phi) is 7.27. The van der Waals surface area contributed by atoms with Crippen molar-refractivity contribution in [3.63, 3.8) is 0 Å². The molecule has 0 bridgehead atoms. The fourth-order valence-corrected chi connectivity index (χ4v) is 3.05. The number of hydrogen-bond donors (Lipinski definition) is 3. The summed E-state index contributed by atoms with van der Waals surface area (Å²) in [5.74, 6) is 1.21. The van der Waals surface area contributed by atoms with Crippen LogP contribution in [0.2, 0.25) is 0 Å². The van der Waals surface area contributed by atoms with E-state index in [1.807, 2.05) is 12.1 Å². The minimum absolute atomic E-state index is 0.0801. The molecule has 156 valence electrons. The van der Waals surface area contributed by atoms with Gasteiger partial charge in [0.2, 0.25) is 5.91 Å². The Balaban J connectivity index is 1.45. The van der Waals surface area contributed by atoms with Crippen LogP contribution in [0.1, 0.15) is 30.7 Å². The third kappa shape index (κ3) is 6.81. The standard InChI is InChI=1S/C24H27N3O3/c1-17(2)14-18-5-7-19(8-6-18)15-23(28)26-20-9-11-21(12-10-20)27-24(29)25-16-22-4-3-13-30-22/h3-13,17H,14-16H2,1-2H3,(H,26,28)(H2,25,27,29). The van der Waals surface area contributed by atoms with Crippen molar-refractivity contribution in [2.24, 2.45) is 5.92 Å². The summed E-state index contributed by atoms with van der Waals surface area (Å²) in [4.78, 5) is 24.2. The van der Waals surface area contributed by atoms with E-state index in [1.54, 1.807) is 42.7 Å². The molecule has 0 unspecified atom stereocenters. The molecule has 30 heavy (non-hydrogen) atoms. The van der Waals surface area contributed by atoms with Crippen molar-refractivity contribution in [2.75, 3.05) is 10.6 Å². The van der Waals surface area contributed by atoms with Crippen LogP contribution in [-0.4, -0.2) is 11.9 Å². The number of hydrogen-bond acceptors (Lipinski definition) is 3. The summed E-state index contributed by atoms with van der Waals surface area (Å²) in [6, 6.07) is 18.4. The molecule has 6 heteroatoms. The van der Waals surface area contributed by atoms with Crippen LogP contribution in [0.3, 0.4) is 0 Å². The molecule has 6 nitrogen and oxygen atoms in total. The van der Waals surface area contributed by atoms with Gasteiger partial charge in [-0.1, -0.05) is 38.1 Å². The maximum atomic E-state index is 12.3. The van der Waals surface area contributed by atoms with Crippen molar-refractivity contribution in [3.05, 3.63) is 83.8 Å². The predicted molar refractivity (Wildman–Crippen MR) is 118 cm³/mol. The van der Waals surface area contributed by atoms with Crippen molar-refractivity contribution in [1.29, 1.82) is 0 Å². The average molecular weight is 405 g/mol. The zero-order chi connectivity index (χ0) is 21.3. The number of anilines is 2. The minimum atomic E-state index is -0.330. The summed E-state index contributed by atoms with van der Waals surface area (Å²) in [6.45, 7) is 4.69. The second-order valence-electron chi connectivity index (χ2n) is 7.60. The van der Waals surface area contributed by atoms with Gasteiger partial charge >= 0.3 is 6.03 Å². The van der Waals surface area contributed by atoms with E-state index < -0.39 is 0 Å². The van der Waals surface area contributed by atoms with E-state index in [-0.39, 0.29) is 11.9 Å². The molecule has 3 amide bonds. The van der Waals surface area contributed by atoms with Crippen LogP contribution in [-0.2, 0) is 24.2 Å². The van der Waals surface area contributed by atoms with Crippen LogP contribution >= 0.6 is 0 Å². The van der Waals surface area contributed by atoms with Crippen LogP contribution in [0.5, 0.6) is 0 Å². The van der Waals surface area contributed by atoms with Gasteiger partial charge in [0, 0.05) is 11.4 Å². The lowest BCUT2D eigenvalue weighted by atomic mass is 10.0. The molecule has 0 spiro atoms. The highest BCUT2D eigenvalue weighted by molar-refractivity contribution is 5.93. The van der Waals surface area contributed by atoms with E-state index >= 15 is 0 Å². The second-order valence-corrected chi connectivity index (χ2v) is 7.60. The van der Waals surface area contributed by atoms with Crippen molar-refractivity contribution in [2.45, 2.75) is 33.2 Å². The van der Waals surface area contributed by atoms with Gasteiger partial charge in [0.25, 0.3) is 0 Å². The Morgan fingerprint density at radius 2 is 1.50 bits per heavy atom. The maximum absolute atomic E-state index is 12.3. The van der Waals surface area contributed by atoms with Gasteiger partial charge in [-0.25, -0.2) is 4.79 Å².